The van der Waals surface area contributed by atoms with Gasteiger partial charge in [-0.1, -0.05) is 31.0 Å². The Hall–Kier alpha value is -2.23. The van der Waals surface area contributed by atoms with Crippen molar-refractivity contribution in [1.82, 2.24) is 25.2 Å². The van der Waals surface area contributed by atoms with Gasteiger partial charge < -0.3 is 20.8 Å². The molecule has 0 aliphatic carbocycles. The van der Waals surface area contributed by atoms with Crippen molar-refractivity contribution in [2.24, 2.45) is 5.73 Å². The van der Waals surface area contributed by atoms with Crippen LogP contribution in [0.15, 0.2) is 30.5 Å². The van der Waals surface area contributed by atoms with Crippen LogP contribution in [-0.4, -0.2) is 42.4 Å². The SMILES string of the molecule is NC(CCCCB(O)O)c1nnnn1CCc1c[nH]c2ccccc12. The third-order valence-corrected chi connectivity index (χ3v) is 4.39. The molecule has 3 rings (SSSR count). The molecular weight excluding hydrogens is 319 g/mol. The molecule has 0 saturated carbocycles. The van der Waals surface area contributed by atoms with Gasteiger partial charge >= 0.3 is 7.12 Å². The van der Waals surface area contributed by atoms with E-state index in [4.69, 9.17) is 15.8 Å². The Morgan fingerprint density at radius 3 is 2.92 bits per heavy atom. The van der Waals surface area contributed by atoms with Crippen molar-refractivity contribution in [3.05, 3.63) is 41.9 Å². The molecule has 9 heteroatoms. The van der Waals surface area contributed by atoms with Gasteiger partial charge in [0, 0.05) is 23.6 Å². The monoisotopic (exact) mass is 342 g/mol. The van der Waals surface area contributed by atoms with Crippen molar-refractivity contribution in [3.8, 4) is 0 Å². The molecule has 2 heterocycles. The Morgan fingerprint density at radius 2 is 2.08 bits per heavy atom. The summed E-state index contributed by atoms with van der Waals surface area (Å²) >= 11 is 0. The van der Waals surface area contributed by atoms with Crippen LogP contribution in [0.25, 0.3) is 10.9 Å². The minimum absolute atomic E-state index is 0.256. The number of aromatic nitrogens is 5. The quantitative estimate of drug-likeness (QED) is 0.340. The van der Waals surface area contributed by atoms with Crippen molar-refractivity contribution >= 4 is 18.0 Å². The van der Waals surface area contributed by atoms with Gasteiger partial charge in [-0.15, -0.1) is 5.10 Å². The number of nitrogens with two attached hydrogens (primary N) is 1. The summed E-state index contributed by atoms with van der Waals surface area (Å²) in [4.78, 5) is 3.27. The maximum atomic E-state index is 8.87. The van der Waals surface area contributed by atoms with Crippen molar-refractivity contribution < 1.29 is 10.0 Å². The molecule has 132 valence electrons. The van der Waals surface area contributed by atoms with Crippen LogP contribution in [0.2, 0.25) is 6.32 Å². The number of aromatic amines is 1. The van der Waals surface area contributed by atoms with Crippen molar-refractivity contribution in [2.45, 2.75) is 44.6 Å². The molecule has 0 spiro atoms. The van der Waals surface area contributed by atoms with Crippen LogP contribution in [0.1, 0.15) is 36.7 Å². The smallest absolute Gasteiger partial charge is 0.427 e. The zero-order valence-corrected chi connectivity index (χ0v) is 14.0. The number of aryl methyl sites for hydroxylation is 2. The van der Waals surface area contributed by atoms with Crippen LogP contribution in [-0.2, 0) is 13.0 Å². The van der Waals surface area contributed by atoms with Gasteiger partial charge in [0.15, 0.2) is 5.82 Å². The van der Waals surface area contributed by atoms with E-state index in [1.54, 1.807) is 4.68 Å². The zero-order valence-electron chi connectivity index (χ0n) is 14.0. The number of nitrogens with zero attached hydrogens (tertiary/aromatic N) is 4. The molecular formula is C16H23BN6O2. The van der Waals surface area contributed by atoms with Crippen LogP contribution >= 0.6 is 0 Å². The average molecular weight is 342 g/mol. The Morgan fingerprint density at radius 1 is 1.24 bits per heavy atom. The lowest BCUT2D eigenvalue weighted by Gasteiger charge is -2.11. The van der Waals surface area contributed by atoms with Gasteiger partial charge in [0.05, 0.1) is 6.04 Å². The Kier molecular flexibility index (Phi) is 5.80. The molecule has 5 N–H and O–H groups in total. The maximum absolute atomic E-state index is 8.87. The lowest BCUT2D eigenvalue weighted by molar-refractivity contribution is 0.400. The van der Waals surface area contributed by atoms with E-state index in [2.05, 4.69) is 32.6 Å². The number of H-pyrrole nitrogens is 1. The number of hydrogen-bond acceptors (Lipinski definition) is 6. The predicted molar refractivity (Wildman–Crippen MR) is 95.6 cm³/mol. The van der Waals surface area contributed by atoms with E-state index in [0.29, 0.717) is 31.5 Å². The molecule has 0 aliphatic heterocycles. The van der Waals surface area contributed by atoms with Gasteiger partial charge in [-0.3, -0.25) is 0 Å². The molecule has 0 amide bonds. The summed E-state index contributed by atoms with van der Waals surface area (Å²) in [6.07, 6.45) is 5.41. The second-order valence-corrected chi connectivity index (χ2v) is 6.24. The molecule has 1 unspecified atom stereocenters. The molecule has 1 atom stereocenters. The summed E-state index contributed by atoms with van der Waals surface area (Å²) in [5, 5.41) is 30.8. The molecule has 0 saturated heterocycles. The number of hydrogen-bond donors (Lipinski definition) is 4. The number of rotatable bonds is 9. The summed E-state index contributed by atoms with van der Waals surface area (Å²) in [7, 11) is -1.25. The van der Waals surface area contributed by atoms with E-state index in [1.807, 2.05) is 18.3 Å². The molecule has 8 nitrogen and oxygen atoms in total. The Labute approximate surface area is 146 Å². The number of para-hydroxylation sites is 1. The van der Waals surface area contributed by atoms with Crippen LogP contribution in [0.5, 0.6) is 0 Å². The van der Waals surface area contributed by atoms with E-state index in [1.165, 1.54) is 10.9 Å². The molecule has 0 aliphatic rings. The first-order chi connectivity index (χ1) is 12.1. The first kappa shape index (κ1) is 17.6. The maximum Gasteiger partial charge on any atom is 0.451 e. The van der Waals surface area contributed by atoms with Gasteiger partial charge in [0.25, 0.3) is 0 Å². The lowest BCUT2D eigenvalue weighted by Crippen LogP contribution is -2.18. The lowest BCUT2D eigenvalue weighted by atomic mass is 9.83. The minimum Gasteiger partial charge on any atom is -0.427 e. The highest BCUT2D eigenvalue weighted by Gasteiger charge is 2.16. The van der Waals surface area contributed by atoms with Gasteiger partial charge in [0.1, 0.15) is 0 Å². The standard InChI is InChI=1S/C16H23BN6O2/c18-14(6-3-4-9-17(24)25)16-20-21-22-23(16)10-8-12-11-19-15-7-2-1-5-13(12)15/h1-2,5,7,11,14,19,24-25H,3-4,6,8-10,18H2. The van der Waals surface area contributed by atoms with Gasteiger partial charge in [-0.25, -0.2) is 4.68 Å². The van der Waals surface area contributed by atoms with Crippen molar-refractivity contribution in [3.63, 3.8) is 0 Å². The first-order valence-electron chi connectivity index (χ1n) is 8.58. The highest BCUT2D eigenvalue weighted by molar-refractivity contribution is 6.40. The van der Waals surface area contributed by atoms with Crippen LogP contribution in [0.3, 0.4) is 0 Å². The second kappa shape index (κ2) is 8.24. The number of fused-ring (bicyclic) bond motifs is 1. The highest BCUT2D eigenvalue weighted by atomic mass is 16.4. The predicted octanol–water partition coefficient (Wildman–Crippen LogP) is 1.04. The largest absolute Gasteiger partial charge is 0.451 e. The van der Waals surface area contributed by atoms with Crippen molar-refractivity contribution in [2.75, 3.05) is 0 Å². The van der Waals surface area contributed by atoms with Gasteiger partial charge in [0.2, 0.25) is 0 Å². The van der Waals surface area contributed by atoms with E-state index in [9.17, 15) is 0 Å². The van der Waals surface area contributed by atoms with E-state index in [0.717, 1.165) is 18.4 Å². The molecule has 0 bridgehead atoms. The van der Waals surface area contributed by atoms with Crippen LogP contribution in [0, 0.1) is 0 Å². The van der Waals surface area contributed by atoms with Crippen LogP contribution in [0.4, 0.5) is 0 Å². The summed E-state index contributed by atoms with van der Waals surface area (Å²) < 4.78 is 1.76. The fourth-order valence-corrected chi connectivity index (χ4v) is 3.02. The molecule has 2 aromatic heterocycles. The van der Waals surface area contributed by atoms with E-state index < -0.39 is 7.12 Å². The normalized spacial score (nSPS) is 12.6. The van der Waals surface area contributed by atoms with E-state index >= 15 is 0 Å². The fraction of sp³-hybridized carbons (Fsp3) is 0.438. The molecule has 3 aromatic rings. The minimum atomic E-state index is -1.25. The van der Waals surface area contributed by atoms with E-state index in [-0.39, 0.29) is 6.04 Å². The fourth-order valence-electron chi connectivity index (χ4n) is 3.02. The van der Waals surface area contributed by atoms with Gasteiger partial charge in [-0.05, 0) is 41.2 Å². The average Bonchev–Trinajstić information content (AvgIpc) is 3.23. The summed E-state index contributed by atoms with van der Waals surface area (Å²) in [5.74, 6) is 0.671. The van der Waals surface area contributed by atoms with Crippen LogP contribution < -0.4 is 5.73 Å². The number of unbranched alkanes of at least 4 members (excludes halogenated alkanes) is 1. The molecule has 0 radical (unpaired) electrons. The zero-order chi connectivity index (χ0) is 17.6. The third-order valence-electron chi connectivity index (χ3n) is 4.39. The second-order valence-electron chi connectivity index (χ2n) is 6.24. The topological polar surface area (TPSA) is 126 Å². The first-order valence-corrected chi connectivity index (χ1v) is 8.58. The molecule has 25 heavy (non-hydrogen) atoms. The Bertz CT molecular complexity index is 803. The van der Waals surface area contributed by atoms with Gasteiger partial charge in [-0.2, -0.15) is 0 Å². The number of tetrazole rings is 1. The third kappa shape index (κ3) is 4.44. The molecule has 1 aromatic carbocycles. The summed E-state index contributed by atoms with van der Waals surface area (Å²) in [5.41, 5.74) is 8.55. The Balaban J connectivity index is 1.58. The number of nitrogens with one attached hydrogen (secondary N) is 1. The summed E-state index contributed by atoms with van der Waals surface area (Å²) in [6, 6.07) is 7.94. The van der Waals surface area contributed by atoms with Crippen molar-refractivity contribution in [1.29, 1.82) is 0 Å². The number of benzene rings is 1. The highest BCUT2D eigenvalue weighted by Crippen LogP contribution is 2.19. The molecule has 0 fully saturated rings. The summed E-state index contributed by atoms with van der Waals surface area (Å²) in [6.45, 7) is 0.660.